The summed E-state index contributed by atoms with van der Waals surface area (Å²) in [5.74, 6) is -0.947. The van der Waals surface area contributed by atoms with Crippen LogP contribution in [0.5, 0.6) is 0 Å². The normalized spacial score (nSPS) is 12.6. The second-order valence-electron chi connectivity index (χ2n) is 3.01. The molecule has 7 heteroatoms. The van der Waals surface area contributed by atoms with E-state index in [4.69, 9.17) is 5.11 Å². The summed E-state index contributed by atoms with van der Waals surface area (Å²) >= 11 is 0. The number of carboxylic acids is 1. The second-order valence-corrected chi connectivity index (χ2v) is 3.01. The van der Waals surface area contributed by atoms with E-state index in [1.54, 1.807) is 6.92 Å². The van der Waals surface area contributed by atoms with Gasteiger partial charge in [0.1, 0.15) is 0 Å². The topological polar surface area (TPSA) is 108 Å². The summed E-state index contributed by atoms with van der Waals surface area (Å²) in [7, 11) is 0. The van der Waals surface area contributed by atoms with E-state index in [-0.39, 0.29) is 12.8 Å². The number of nitrogens with one attached hydrogen (secondary N) is 2. The molecule has 0 bridgehead atoms. The van der Waals surface area contributed by atoms with Crippen molar-refractivity contribution in [3.63, 3.8) is 0 Å². The summed E-state index contributed by atoms with van der Waals surface area (Å²) in [6, 6.07) is -0.423. The molecule has 1 atom stereocenters. The van der Waals surface area contributed by atoms with Gasteiger partial charge in [0.25, 0.3) is 0 Å². The average Bonchev–Trinajstić information content (AvgIpc) is 2.42. The smallest absolute Gasteiger partial charge is 0.344 e. The van der Waals surface area contributed by atoms with Gasteiger partial charge in [0.2, 0.25) is 0 Å². The van der Waals surface area contributed by atoms with E-state index in [1.165, 1.54) is 0 Å². The van der Waals surface area contributed by atoms with Gasteiger partial charge >= 0.3 is 17.3 Å². The Balaban J connectivity index is 2.79. The van der Waals surface area contributed by atoms with Crippen LogP contribution in [0.1, 0.15) is 25.8 Å². The van der Waals surface area contributed by atoms with Crippen molar-refractivity contribution in [3.8, 4) is 0 Å². The highest BCUT2D eigenvalue weighted by Crippen LogP contribution is 2.07. The molecule has 3 N–H and O–H groups in total. The molecule has 0 aromatic carbocycles. The molecule has 0 spiro atoms. The van der Waals surface area contributed by atoms with E-state index in [1.807, 2.05) is 0 Å². The molecule has 0 saturated carbocycles. The lowest BCUT2D eigenvalue weighted by molar-refractivity contribution is -0.137. The van der Waals surface area contributed by atoms with E-state index in [0.29, 0.717) is 0 Å². The van der Waals surface area contributed by atoms with Crippen molar-refractivity contribution in [1.82, 2.24) is 14.8 Å². The highest BCUT2D eigenvalue weighted by Gasteiger charge is 2.12. The molecule has 0 amide bonds. The fraction of sp³-hybridized carbons (Fsp3) is 0.571. The summed E-state index contributed by atoms with van der Waals surface area (Å²) in [6.07, 6.45) is 0.175. The molecule has 0 aliphatic heterocycles. The Bertz CT molecular complexity index is 399. The zero-order valence-corrected chi connectivity index (χ0v) is 7.61. The van der Waals surface area contributed by atoms with E-state index in [9.17, 15) is 14.4 Å². The quantitative estimate of drug-likeness (QED) is 0.597. The molecule has 7 nitrogen and oxygen atoms in total. The SMILES string of the molecule is CC(CCC(=O)O)n1c(=O)[nH][nH]c1=O. The minimum Gasteiger partial charge on any atom is -0.481 e. The van der Waals surface area contributed by atoms with Gasteiger partial charge in [0.05, 0.1) is 0 Å². The zero-order valence-electron chi connectivity index (χ0n) is 7.61. The van der Waals surface area contributed by atoms with Crippen molar-refractivity contribution < 1.29 is 9.90 Å². The van der Waals surface area contributed by atoms with Gasteiger partial charge in [-0.25, -0.2) is 24.4 Å². The number of aromatic amines is 2. The number of carboxylic acid groups (broad SMARTS) is 1. The highest BCUT2D eigenvalue weighted by atomic mass is 16.4. The number of nitrogens with zero attached hydrogens (tertiary/aromatic N) is 1. The molecule has 1 heterocycles. The molecule has 1 unspecified atom stereocenters. The standard InChI is InChI=1S/C7H11N3O4/c1-4(2-3-5(11)12)10-6(13)8-9-7(10)14/h4H,2-3H2,1H3,(H,8,13)(H,9,14)(H,11,12). The van der Waals surface area contributed by atoms with Crippen LogP contribution in [0.2, 0.25) is 0 Å². The summed E-state index contributed by atoms with van der Waals surface area (Å²) < 4.78 is 0.961. The number of H-pyrrole nitrogens is 2. The third kappa shape index (κ3) is 2.12. The molecule has 1 aromatic heterocycles. The Morgan fingerprint density at radius 1 is 1.43 bits per heavy atom. The van der Waals surface area contributed by atoms with E-state index >= 15 is 0 Å². The summed E-state index contributed by atoms with van der Waals surface area (Å²) in [5.41, 5.74) is -1.10. The first-order valence-electron chi connectivity index (χ1n) is 4.13. The first-order valence-corrected chi connectivity index (χ1v) is 4.13. The van der Waals surface area contributed by atoms with Crippen LogP contribution < -0.4 is 11.4 Å². The summed E-state index contributed by atoms with van der Waals surface area (Å²) in [6.45, 7) is 1.62. The van der Waals surface area contributed by atoms with Gasteiger partial charge in [-0.1, -0.05) is 0 Å². The third-order valence-corrected chi connectivity index (χ3v) is 1.93. The van der Waals surface area contributed by atoms with Gasteiger partial charge in [-0.2, -0.15) is 0 Å². The minimum atomic E-state index is -0.947. The summed E-state index contributed by atoms with van der Waals surface area (Å²) in [5, 5.41) is 12.7. The number of rotatable bonds is 4. The van der Waals surface area contributed by atoms with Crippen LogP contribution >= 0.6 is 0 Å². The monoisotopic (exact) mass is 201 g/mol. The Labute approximate surface area is 78.4 Å². The van der Waals surface area contributed by atoms with E-state index in [2.05, 4.69) is 10.2 Å². The minimum absolute atomic E-state index is 0.0712. The van der Waals surface area contributed by atoms with Gasteiger partial charge < -0.3 is 5.11 Å². The lowest BCUT2D eigenvalue weighted by atomic mass is 10.2. The van der Waals surface area contributed by atoms with Gasteiger partial charge in [-0.3, -0.25) is 4.79 Å². The Hall–Kier alpha value is -1.79. The Kier molecular flexibility index (Phi) is 2.90. The van der Waals surface area contributed by atoms with E-state index in [0.717, 1.165) is 4.57 Å². The van der Waals surface area contributed by atoms with Crippen LogP contribution in [0.15, 0.2) is 9.59 Å². The molecule has 14 heavy (non-hydrogen) atoms. The maximum absolute atomic E-state index is 11.1. The number of hydrogen-bond donors (Lipinski definition) is 3. The largest absolute Gasteiger partial charge is 0.481 e. The van der Waals surface area contributed by atoms with Crippen molar-refractivity contribution in [1.29, 1.82) is 0 Å². The Morgan fingerprint density at radius 2 is 1.93 bits per heavy atom. The summed E-state index contributed by atoms with van der Waals surface area (Å²) in [4.78, 5) is 32.4. The fourth-order valence-electron chi connectivity index (χ4n) is 1.18. The molecule has 78 valence electrons. The third-order valence-electron chi connectivity index (χ3n) is 1.93. The predicted molar refractivity (Wildman–Crippen MR) is 47.3 cm³/mol. The van der Waals surface area contributed by atoms with Crippen molar-refractivity contribution in [3.05, 3.63) is 21.0 Å². The van der Waals surface area contributed by atoms with Crippen LogP contribution in [0, 0.1) is 0 Å². The molecular weight excluding hydrogens is 190 g/mol. The van der Waals surface area contributed by atoms with Crippen LogP contribution in [-0.4, -0.2) is 25.8 Å². The van der Waals surface area contributed by atoms with Gasteiger partial charge in [-0.05, 0) is 13.3 Å². The zero-order chi connectivity index (χ0) is 10.7. The number of hydrogen-bond acceptors (Lipinski definition) is 3. The van der Waals surface area contributed by atoms with Crippen LogP contribution in [-0.2, 0) is 4.79 Å². The average molecular weight is 201 g/mol. The predicted octanol–water partition coefficient (Wildman–Crippen LogP) is -0.709. The lowest BCUT2D eigenvalue weighted by Crippen LogP contribution is -2.29. The van der Waals surface area contributed by atoms with Crippen molar-refractivity contribution in [2.24, 2.45) is 0 Å². The second kappa shape index (κ2) is 3.95. The maximum atomic E-state index is 11.1. The van der Waals surface area contributed by atoms with E-state index < -0.39 is 23.4 Å². The first kappa shape index (κ1) is 10.3. The molecule has 1 rings (SSSR count). The molecule has 0 saturated heterocycles. The first-order chi connectivity index (χ1) is 6.52. The van der Waals surface area contributed by atoms with Crippen LogP contribution in [0.4, 0.5) is 0 Å². The van der Waals surface area contributed by atoms with Crippen molar-refractivity contribution in [2.75, 3.05) is 0 Å². The molecule has 0 radical (unpaired) electrons. The number of aliphatic carboxylic acids is 1. The van der Waals surface area contributed by atoms with Gasteiger partial charge in [-0.15, -0.1) is 0 Å². The maximum Gasteiger partial charge on any atom is 0.344 e. The van der Waals surface area contributed by atoms with Crippen molar-refractivity contribution >= 4 is 5.97 Å². The lowest BCUT2D eigenvalue weighted by Gasteiger charge is -2.07. The van der Waals surface area contributed by atoms with Gasteiger partial charge in [0, 0.05) is 12.5 Å². The van der Waals surface area contributed by atoms with Crippen LogP contribution in [0.3, 0.4) is 0 Å². The molecular formula is C7H11N3O4. The molecule has 0 fully saturated rings. The molecule has 0 aliphatic rings. The van der Waals surface area contributed by atoms with Gasteiger partial charge in [0.15, 0.2) is 0 Å². The molecule has 1 aromatic rings. The van der Waals surface area contributed by atoms with Crippen molar-refractivity contribution in [2.45, 2.75) is 25.8 Å². The van der Waals surface area contributed by atoms with Crippen LogP contribution in [0.25, 0.3) is 0 Å². The fourth-order valence-corrected chi connectivity index (χ4v) is 1.18. The molecule has 0 aliphatic carbocycles. The highest BCUT2D eigenvalue weighted by molar-refractivity contribution is 5.66. The Morgan fingerprint density at radius 3 is 2.36 bits per heavy atom. The number of aromatic nitrogens is 3. The number of carbonyl (C=O) groups is 1.